The second-order valence-electron chi connectivity index (χ2n) is 7.76. The summed E-state index contributed by atoms with van der Waals surface area (Å²) in [5, 5.41) is 15.1. The predicted molar refractivity (Wildman–Crippen MR) is 124 cm³/mol. The summed E-state index contributed by atoms with van der Waals surface area (Å²) in [6, 6.07) is 9.62. The molecule has 5 nitrogen and oxygen atoms in total. The Balaban J connectivity index is 1.40. The van der Waals surface area contributed by atoms with Crippen molar-refractivity contribution in [1.82, 2.24) is 0 Å². The molecule has 0 unspecified atom stereocenters. The number of ether oxygens (including phenoxy) is 1. The molecular formula is C22H24Cl2N2O3S. The number of fused-ring (bicyclic) bond motifs is 1. The summed E-state index contributed by atoms with van der Waals surface area (Å²) in [6.07, 6.45) is 4.17. The molecule has 1 amide bonds. The number of hydrogen-bond acceptors (Lipinski definition) is 5. The molecule has 4 rings (SSSR count). The van der Waals surface area contributed by atoms with Gasteiger partial charge in [-0.3, -0.25) is 4.79 Å². The number of nitrogens with zero attached hydrogens (tertiary/aromatic N) is 1. The number of nitrogens with one attached hydrogen (secondary N) is 1. The summed E-state index contributed by atoms with van der Waals surface area (Å²) in [4.78, 5) is 15.0. The third-order valence-corrected chi connectivity index (χ3v) is 7.11. The average Bonchev–Trinajstić information content (AvgIpc) is 2.74. The van der Waals surface area contributed by atoms with E-state index in [9.17, 15) is 9.90 Å². The number of carbonyl (C=O) groups excluding carboxylic acids is 1. The average molecular weight is 467 g/mol. The molecule has 0 bridgehead atoms. The van der Waals surface area contributed by atoms with Gasteiger partial charge in [-0.25, -0.2) is 0 Å². The number of halogens is 2. The van der Waals surface area contributed by atoms with Crippen LogP contribution in [0.2, 0.25) is 10.0 Å². The third kappa shape index (κ3) is 4.52. The van der Waals surface area contributed by atoms with Crippen LogP contribution in [0.15, 0.2) is 35.2 Å². The molecule has 0 saturated carbocycles. The molecule has 160 valence electrons. The number of benzene rings is 2. The Kier molecular flexibility index (Phi) is 6.39. The van der Waals surface area contributed by atoms with E-state index in [2.05, 4.69) is 16.3 Å². The van der Waals surface area contributed by atoms with Gasteiger partial charge in [0.25, 0.3) is 0 Å². The van der Waals surface area contributed by atoms with Crippen LogP contribution in [0.1, 0.15) is 24.8 Å². The molecule has 8 heteroatoms. The second kappa shape index (κ2) is 8.87. The molecule has 2 aromatic carbocycles. The molecule has 2 aliphatic heterocycles. The topological polar surface area (TPSA) is 61.8 Å². The summed E-state index contributed by atoms with van der Waals surface area (Å²) in [6.45, 7) is 1.60. The molecule has 0 spiro atoms. The first kappa shape index (κ1) is 21.6. The fraction of sp³-hybridized carbons (Fsp3) is 0.409. The van der Waals surface area contributed by atoms with Gasteiger partial charge in [0.1, 0.15) is 18.0 Å². The van der Waals surface area contributed by atoms with Crippen molar-refractivity contribution >= 4 is 52.2 Å². The lowest BCUT2D eigenvalue weighted by Gasteiger charge is -2.39. The minimum absolute atomic E-state index is 0.0447. The van der Waals surface area contributed by atoms with Gasteiger partial charge < -0.3 is 20.1 Å². The molecule has 1 saturated heterocycles. The van der Waals surface area contributed by atoms with Crippen LogP contribution in [0.4, 0.5) is 11.4 Å². The monoisotopic (exact) mass is 466 g/mol. The maximum atomic E-state index is 11.7. The molecule has 0 radical (unpaired) electrons. The van der Waals surface area contributed by atoms with Gasteiger partial charge in [-0.1, -0.05) is 23.2 Å². The fourth-order valence-corrected chi connectivity index (χ4v) is 4.98. The highest BCUT2D eigenvalue weighted by Gasteiger charge is 2.34. The van der Waals surface area contributed by atoms with Gasteiger partial charge in [0.2, 0.25) is 5.91 Å². The summed E-state index contributed by atoms with van der Waals surface area (Å²) in [5.41, 5.74) is 1.60. The number of anilines is 2. The van der Waals surface area contributed by atoms with Crippen molar-refractivity contribution in [3.8, 4) is 5.75 Å². The molecular weight excluding hydrogens is 443 g/mol. The van der Waals surface area contributed by atoms with Gasteiger partial charge in [-0.05, 0) is 55.9 Å². The normalized spacial score (nSPS) is 18.0. The molecule has 2 aromatic rings. The first-order valence-electron chi connectivity index (χ1n) is 9.93. The zero-order valence-electron chi connectivity index (χ0n) is 16.7. The molecule has 2 N–H and O–H groups in total. The lowest BCUT2D eigenvalue weighted by molar-refractivity contribution is -0.116. The number of piperidine rings is 1. The van der Waals surface area contributed by atoms with E-state index in [1.54, 1.807) is 17.8 Å². The predicted octanol–water partition coefficient (Wildman–Crippen LogP) is 5.01. The summed E-state index contributed by atoms with van der Waals surface area (Å²) in [7, 11) is 0. The lowest BCUT2D eigenvalue weighted by atomic mass is 9.92. The highest BCUT2D eigenvalue weighted by atomic mass is 35.5. The van der Waals surface area contributed by atoms with E-state index in [0.717, 1.165) is 21.2 Å². The van der Waals surface area contributed by atoms with E-state index in [0.29, 0.717) is 55.2 Å². The van der Waals surface area contributed by atoms with E-state index in [1.807, 2.05) is 24.5 Å². The van der Waals surface area contributed by atoms with Crippen molar-refractivity contribution in [3.05, 3.63) is 45.9 Å². The molecule has 0 aliphatic carbocycles. The van der Waals surface area contributed by atoms with E-state index in [4.69, 9.17) is 27.9 Å². The summed E-state index contributed by atoms with van der Waals surface area (Å²) >= 11 is 14.3. The van der Waals surface area contributed by atoms with Crippen molar-refractivity contribution in [2.24, 2.45) is 0 Å². The van der Waals surface area contributed by atoms with Gasteiger partial charge in [-0.15, -0.1) is 11.8 Å². The molecule has 0 aromatic heterocycles. The number of hydrogen-bond donors (Lipinski definition) is 2. The van der Waals surface area contributed by atoms with Crippen molar-refractivity contribution in [2.45, 2.75) is 36.2 Å². The molecule has 0 atom stereocenters. The summed E-state index contributed by atoms with van der Waals surface area (Å²) in [5.74, 6) is 0.623. The quantitative estimate of drug-likeness (QED) is 0.606. The van der Waals surface area contributed by atoms with E-state index in [-0.39, 0.29) is 12.5 Å². The minimum atomic E-state index is -0.910. The van der Waals surface area contributed by atoms with Crippen LogP contribution in [0.25, 0.3) is 0 Å². The van der Waals surface area contributed by atoms with Crippen molar-refractivity contribution in [1.29, 1.82) is 0 Å². The van der Waals surface area contributed by atoms with Gasteiger partial charge in [0, 0.05) is 30.0 Å². The lowest BCUT2D eigenvalue weighted by Crippen LogP contribution is -2.48. The van der Waals surface area contributed by atoms with Crippen LogP contribution in [0, 0.1) is 0 Å². The Bertz CT molecular complexity index is 962. The van der Waals surface area contributed by atoms with Gasteiger partial charge >= 0.3 is 0 Å². The molecule has 2 heterocycles. The number of thioether (sulfide) groups is 1. The molecule has 30 heavy (non-hydrogen) atoms. The fourth-order valence-electron chi connectivity index (χ4n) is 3.95. The first-order valence-corrected chi connectivity index (χ1v) is 11.9. The second-order valence-corrected chi connectivity index (χ2v) is 9.46. The smallest absolute Gasteiger partial charge is 0.224 e. The first-order chi connectivity index (χ1) is 14.4. The number of carbonyl (C=O) groups is 1. The van der Waals surface area contributed by atoms with Crippen LogP contribution in [-0.4, -0.2) is 42.6 Å². The van der Waals surface area contributed by atoms with Crippen molar-refractivity contribution in [2.75, 3.05) is 36.2 Å². The van der Waals surface area contributed by atoms with Crippen LogP contribution < -0.4 is 15.0 Å². The number of aliphatic hydroxyl groups is 1. The standard InChI is InChI=1S/C22H24Cl2N2O3S/c1-30-14-2-5-18(17(24)12-14)26-10-8-22(28,9-11-26)13-29-19-6-4-16(23)21-15(19)3-7-20(27)25-21/h2,4-6,12,28H,3,7-11,13H2,1H3,(H,25,27). The van der Waals surface area contributed by atoms with Crippen LogP contribution in [-0.2, 0) is 11.2 Å². The number of amides is 1. The van der Waals surface area contributed by atoms with E-state index in [1.165, 1.54) is 0 Å². The maximum Gasteiger partial charge on any atom is 0.224 e. The Morgan fingerprint density at radius 1 is 1.17 bits per heavy atom. The Hall–Kier alpha value is -1.60. The highest BCUT2D eigenvalue weighted by Crippen LogP contribution is 2.38. The van der Waals surface area contributed by atoms with Crippen molar-refractivity contribution < 1.29 is 14.6 Å². The van der Waals surface area contributed by atoms with Crippen LogP contribution in [0.3, 0.4) is 0 Å². The SMILES string of the molecule is CSc1ccc(N2CCC(O)(COc3ccc(Cl)c4c3CCC(=O)N4)CC2)c(Cl)c1. The maximum absolute atomic E-state index is 11.7. The van der Waals surface area contributed by atoms with Gasteiger partial charge in [0.15, 0.2) is 0 Å². The number of rotatable bonds is 5. The Morgan fingerprint density at radius 3 is 2.63 bits per heavy atom. The Labute approximate surface area is 190 Å². The zero-order chi connectivity index (χ0) is 21.3. The molecule has 1 fully saturated rings. The van der Waals surface area contributed by atoms with Crippen LogP contribution in [0.5, 0.6) is 5.75 Å². The largest absolute Gasteiger partial charge is 0.490 e. The van der Waals surface area contributed by atoms with Crippen LogP contribution >= 0.6 is 35.0 Å². The summed E-state index contributed by atoms with van der Waals surface area (Å²) < 4.78 is 6.02. The van der Waals surface area contributed by atoms with E-state index < -0.39 is 5.60 Å². The van der Waals surface area contributed by atoms with Gasteiger partial charge in [0.05, 0.1) is 21.4 Å². The highest BCUT2D eigenvalue weighted by molar-refractivity contribution is 7.98. The third-order valence-electron chi connectivity index (χ3n) is 5.77. The minimum Gasteiger partial charge on any atom is -0.490 e. The van der Waals surface area contributed by atoms with E-state index >= 15 is 0 Å². The molecule has 2 aliphatic rings. The Morgan fingerprint density at radius 2 is 1.93 bits per heavy atom. The zero-order valence-corrected chi connectivity index (χ0v) is 19.0. The van der Waals surface area contributed by atoms with Crippen molar-refractivity contribution in [3.63, 3.8) is 0 Å². The van der Waals surface area contributed by atoms with Gasteiger partial charge in [-0.2, -0.15) is 0 Å².